The second kappa shape index (κ2) is 18.4. The van der Waals surface area contributed by atoms with Crippen molar-refractivity contribution in [3.8, 4) is 34.5 Å². The molecule has 58 heavy (non-hydrogen) atoms. The maximum Gasteiger partial charge on any atom is 0.319 e. The van der Waals surface area contributed by atoms with Gasteiger partial charge in [0.15, 0.2) is 12.6 Å². The molecule has 3 aliphatic rings. The van der Waals surface area contributed by atoms with Gasteiger partial charge in [-0.3, -0.25) is 9.88 Å². The van der Waals surface area contributed by atoms with E-state index in [1.165, 1.54) is 19.3 Å². The smallest absolute Gasteiger partial charge is 0.319 e. The third kappa shape index (κ3) is 8.61. The molecule has 3 atom stereocenters. The van der Waals surface area contributed by atoms with E-state index < -0.39 is 13.9 Å². The van der Waals surface area contributed by atoms with E-state index in [9.17, 15) is 4.79 Å². The molecule has 1 saturated carbocycles. The molecule has 0 N–H and O–H groups in total. The summed E-state index contributed by atoms with van der Waals surface area (Å²) >= 11 is 0. The molecule has 11 heteroatoms. The Morgan fingerprint density at radius 2 is 1.74 bits per heavy atom. The Kier molecular flexibility index (Phi) is 13.4. The topological polar surface area (TPSA) is 89.9 Å². The number of halogens is 1. The van der Waals surface area contributed by atoms with Gasteiger partial charge >= 0.3 is 6.01 Å². The Bertz CT molecular complexity index is 2120. The average molecular weight is 808 g/mol. The minimum absolute atomic E-state index is 0.0512. The van der Waals surface area contributed by atoms with E-state index in [0.717, 1.165) is 74.5 Å². The van der Waals surface area contributed by atoms with Gasteiger partial charge in [0, 0.05) is 55.4 Å². The second-order valence-corrected chi connectivity index (χ2v) is 23.4. The van der Waals surface area contributed by atoms with Crippen LogP contribution in [0.4, 0.5) is 10.2 Å². The van der Waals surface area contributed by atoms with Crippen molar-refractivity contribution < 1.29 is 23.4 Å². The molecule has 2 aromatic heterocycles. The molecule has 0 radical (unpaired) electrons. The van der Waals surface area contributed by atoms with E-state index in [1.807, 2.05) is 30.3 Å². The van der Waals surface area contributed by atoms with Gasteiger partial charge in [-0.1, -0.05) is 59.6 Å². The molecule has 0 amide bonds. The van der Waals surface area contributed by atoms with E-state index >= 15 is 4.39 Å². The van der Waals surface area contributed by atoms with Crippen LogP contribution in [0.25, 0.3) is 32.9 Å². The van der Waals surface area contributed by atoms with E-state index in [1.54, 1.807) is 13.3 Å². The molecule has 9 nitrogen and oxygen atoms in total. The highest BCUT2D eigenvalue weighted by Gasteiger charge is 2.42. The first-order chi connectivity index (χ1) is 28.0. The number of anilines is 1. The van der Waals surface area contributed by atoms with Gasteiger partial charge < -0.3 is 23.9 Å². The SMILES string of the molecule is COCOc1cc(-c2ncc3c(N4CC5CCC(C5)C4)nc(OC[C@@H]4CCCN4CCCCC=O)nc3c2F)c2c(C#C[Si](C(C)C)(C(C)C)C(C)C)cccc2c1. The van der Waals surface area contributed by atoms with Crippen molar-refractivity contribution >= 4 is 41.9 Å². The Morgan fingerprint density at radius 1 is 0.983 bits per heavy atom. The molecule has 1 aliphatic carbocycles. The lowest BCUT2D eigenvalue weighted by Gasteiger charge is -2.38. The van der Waals surface area contributed by atoms with Crippen LogP contribution in [-0.2, 0) is 9.53 Å². The third-order valence-electron chi connectivity index (χ3n) is 13.3. The van der Waals surface area contributed by atoms with E-state index in [2.05, 4.69) is 62.8 Å². The first-order valence-electron chi connectivity index (χ1n) is 21.7. The number of methoxy groups -OCH3 is 1. The van der Waals surface area contributed by atoms with Gasteiger partial charge in [-0.05, 0) is 110 Å². The summed E-state index contributed by atoms with van der Waals surface area (Å²) in [7, 11) is -0.498. The number of carbonyl (C=O) groups is 1. The van der Waals surface area contributed by atoms with Crippen molar-refractivity contribution in [3.63, 3.8) is 0 Å². The number of nitrogens with zero attached hydrogens (tertiary/aromatic N) is 5. The number of carbonyl (C=O) groups excluding carboxylic acids is 1. The molecular formula is C47H62FN5O4Si. The summed E-state index contributed by atoms with van der Waals surface area (Å²) in [5, 5.41) is 2.30. The highest BCUT2D eigenvalue weighted by molar-refractivity contribution is 6.90. The lowest BCUT2D eigenvalue weighted by Crippen LogP contribution is -2.43. The molecule has 4 aromatic rings. The van der Waals surface area contributed by atoms with Crippen LogP contribution in [0.3, 0.4) is 0 Å². The molecule has 310 valence electrons. The molecule has 2 aliphatic heterocycles. The van der Waals surface area contributed by atoms with Gasteiger partial charge in [0.2, 0.25) is 0 Å². The molecule has 0 spiro atoms. The predicted octanol–water partition coefficient (Wildman–Crippen LogP) is 9.98. The fourth-order valence-corrected chi connectivity index (χ4v) is 15.7. The van der Waals surface area contributed by atoms with Crippen molar-refractivity contribution in [1.82, 2.24) is 19.9 Å². The van der Waals surface area contributed by atoms with Crippen LogP contribution in [0, 0.1) is 29.1 Å². The van der Waals surface area contributed by atoms with Crippen molar-refractivity contribution in [2.75, 3.05) is 51.6 Å². The average Bonchev–Trinajstić information content (AvgIpc) is 3.81. The summed E-state index contributed by atoms with van der Waals surface area (Å²) in [4.78, 5) is 30.4. The quantitative estimate of drug-likeness (QED) is 0.0361. The number of benzene rings is 2. The Hall–Kier alpha value is -4.11. The molecular weight excluding hydrogens is 746 g/mol. The van der Waals surface area contributed by atoms with Crippen LogP contribution in [0.1, 0.15) is 98.5 Å². The van der Waals surface area contributed by atoms with Crippen molar-refractivity contribution in [1.29, 1.82) is 0 Å². The van der Waals surface area contributed by atoms with Gasteiger partial charge in [0.1, 0.15) is 43.7 Å². The molecule has 2 saturated heterocycles. The van der Waals surface area contributed by atoms with Gasteiger partial charge in [0.25, 0.3) is 0 Å². The molecule has 2 bridgehead atoms. The number of hydrogen-bond donors (Lipinski definition) is 0. The van der Waals surface area contributed by atoms with Gasteiger partial charge in [0.05, 0.1) is 5.39 Å². The zero-order valence-corrected chi connectivity index (χ0v) is 36.7. The lowest BCUT2D eigenvalue weighted by molar-refractivity contribution is -0.107. The number of likely N-dealkylation sites (tertiary alicyclic amines) is 1. The van der Waals surface area contributed by atoms with Crippen LogP contribution < -0.4 is 14.4 Å². The normalized spacial score (nSPS) is 19.8. The molecule has 4 heterocycles. The van der Waals surface area contributed by atoms with E-state index in [4.69, 9.17) is 29.2 Å². The Balaban J connectivity index is 1.35. The standard InChI is InChI=1S/C47H62FN5O4Si/c1-31(2)58(32(3)4,33(5)6)22-18-36-13-11-14-37-24-39(57-30-55-7)25-40(42(36)37)44-43(48)45-41(26-49-44)46(53-27-34-16-17-35(23-34)28-53)51-47(50-45)56-29-38-15-12-20-52(38)19-9-8-10-21-54/h11,13-14,21,24-26,31-35,38H,8-10,12,15-17,19-20,23,27-30H2,1-7H3/t34?,35?,38-/m0/s1. The number of fused-ring (bicyclic) bond motifs is 4. The van der Waals surface area contributed by atoms with Crippen LogP contribution in [0.5, 0.6) is 11.8 Å². The van der Waals surface area contributed by atoms with E-state index in [-0.39, 0.29) is 30.1 Å². The zero-order chi connectivity index (χ0) is 41.0. The number of piperidine rings is 1. The maximum absolute atomic E-state index is 17.6. The van der Waals surface area contributed by atoms with Gasteiger partial charge in [-0.25, -0.2) is 4.39 Å². The number of hydrogen-bond acceptors (Lipinski definition) is 9. The van der Waals surface area contributed by atoms with Gasteiger partial charge in [-0.2, -0.15) is 9.97 Å². The number of aromatic nitrogens is 3. The third-order valence-corrected chi connectivity index (χ3v) is 19.6. The summed E-state index contributed by atoms with van der Waals surface area (Å²) in [5.41, 5.74) is 7.11. The monoisotopic (exact) mass is 807 g/mol. The van der Waals surface area contributed by atoms with Crippen LogP contribution in [-0.4, -0.2) is 86.9 Å². The fraction of sp³-hybridized carbons (Fsp3) is 0.574. The largest absolute Gasteiger partial charge is 0.468 e. The lowest BCUT2D eigenvalue weighted by atomic mass is 9.96. The van der Waals surface area contributed by atoms with Crippen LogP contribution in [0.15, 0.2) is 36.5 Å². The summed E-state index contributed by atoms with van der Waals surface area (Å²) in [6.07, 6.45) is 11.0. The summed E-state index contributed by atoms with van der Waals surface area (Å²) in [6.45, 7) is 18.0. The Labute approximate surface area is 345 Å². The Morgan fingerprint density at radius 3 is 2.45 bits per heavy atom. The van der Waals surface area contributed by atoms with Gasteiger partial charge in [-0.15, -0.1) is 5.54 Å². The first kappa shape index (κ1) is 42.0. The number of unbranched alkanes of at least 4 members (excludes halogenated alkanes) is 2. The summed E-state index contributed by atoms with van der Waals surface area (Å²) in [6, 6.07) is 10.3. The predicted molar refractivity (Wildman–Crippen MR) is 234 cm³/mol. The number of pyridine rings is 1. The highest BCUT2D eigenvalue weighted by atomic mass is 28.3. The number of rotatable bonds is 16. The maximum atomic E-state index is 17.6. The number of aldehydes is 1. The summed E-state index contributed by atoms with van der Waals surface area (Å²) < 4.78 is 35.4. The molecule has 2 unspecified atom stereocenters. The fourth-order valence-electron chi connectivity index (χ4n) is 10.5. The number of ether oxygens (including phenoxy) is 3. The van der Waals surface area contributed by atoms with Crippen LogP contribution >= 0.6 is 0 Å². The van der Waals surface area contributed by atoms with Crippen molar-refractivity contribution in [2.24, 2.45) is 11.8 Å². The minimum Gasteiger partial charge on any atom is -0.468 e. The second-order valence-electron chi connectivity index (χ2n) is 17.8. The highest BCUT2D eigenvalue weighted by Crippen LogP contribution is 2.43. The van der Waals surface area contributed by atoms with Crippen LogP contribution in [0.2, 0.25) is 16.6 Å². The molecule has 7 rings (SSSR count). The summed E-state index contributed by atoms with van der Waals surface area (Å²) in [5.74, 6) is 5.59. The molecule has 3 fully saturated rings. The van der Waals surface area contributed by atoms with Crippen molar-refractivity contribution in [2.45, 2.75) is 116 Å². The first-order valence-corrected chi connectivity index (χ1v) is 23.9. The molecule has 2 aromatic carbocycles. The van der Waals surface area contributed by atoms with Crippen molar-refractivity contribution in [3.05, 3.63) is 47.9 Å². The minimum atomic E-state index is -2.08. The van der Waals surface area contributed by atoms with E-state index in [0.29, 0.717) is 64.0 Å². The zero-order valence-electron chi connectivity index (χ0n) is 35.7.